The Balaban J connectivity index is 1.73. The molecule has 1 aliphatic carbocycles. The van der Waals surface area contributed by atoms with Gasteiger partial charge in [0.25, 0.3) is 5.91 Å². The molecule has 1 aromatic rings. The van der Waals surface area contributed by atoms with Crippen molar-refractivity contribution in [2.45, 2.75) is 51.1 Å². The van der Waals surface area contributed by atoms with Crippen molar-refractivity contribution in [1.29, 1.82) is 0 Å². The van der Waals surface area contributed by atoms with E-state index in [1.165, 1.54) is 12.8 Å². The van der Waals surface area contributed by atoms with E-state index in [2.05, 4.69) is 35.2 Å². The second kappa shape index (κ2) is 5.24. The largest absolute Gasteiger partial charge is 0.346 e. The third-order valence-electron chi connectivity index (χ3n) is 4.75. The molecular weight excluding hydrogens is 250 g/mol. The van der Waals surface area contributed by atoms with Crippen molar-refractivity contribution in [2.24, 2.45) is 5.92 Å². The van der Waals surface area contributed by atoms with Crippen LogP contribution in [0.25, 0.3) is 0 Å². The number of piperidine rings is 1. The highest BCUT2D eigenvalue weighted by molar-refractivity contribution is 5.93. The van der Waals surface area contributed by atoms with E-state index >= 15 is 0 Å². The van der Waals surface area contributed by atoms with Crippen LogP contribution in [0.3, 0.4) is 0 Å². The quantitative estimate of drug-likeness (QED) is 0.886. The van der Waals surface area contributed by atoms with Crippen LogP contribution in [0.4, 0.5) is 0 Å². The van der Waals surface area contributed by atoms with Crippen LogP contribution >= 0.6 is 0 Å². The maximum Gasteiger partial charge on any atom is 0.268 e. The minimum absolute atomic E-state index is 0.0745. The highest BCUT2D eigenvalue weighted by Gasteiger charge is 2.39. The first kappa shape index (κ1) is 13.7. The van der Waals surface area contributed by atoms with Crippen molar-refractivity contribution in [3.63, 3.8) is 0 Å². The Morgan fingerprint density at radius 2 is 2.00 bits per heavy atom. The maximum absolute atomic E-state index is 12.6. The number of carbonyl (C=O) groups is 1. The first-order valence-electron chi connectivity index (χ1n) is 7.78. The van der Waals surface area contributed by atoms with Crippen LogP contribution in [-0.4, -0.2) is 29.1 Å². The predicted octanol–water partition coefficient (Wildman–Crippen LogP) is 2.33. The Bertz CT molecular complexity index is 482. The lowest BCUT2D eigenvalue weighted by Crippen LogP contribution is -2.46. The first-order valence-corrected chi connectivity index (χ1v) is 7.78. The van der Waals surface area contributed by atoms with Crippen LogP contribution in [0.1, 0.15) is 56.1 Å². The molecule has 0 aromatic carbocycles. The highest BCUT2D eigenvalue weighted by Crippen LogP contribution is 2.39. The topological polar surface area (TPSA) is 46.1 Å². The predicted molar refractivity (Wildman–Crippen MR) is 79.8 cm³/mol. The molecule has 1 saturated heterocycles. The van der Waals surface area contributed by atoms with E-state index < -0.39 is 0 Å². The Morgan fingerprint density at radius 1 is 1.30 bits per heavy atom. The number of amides is 1. The molecule has 20 heavy (non-hydrogen) atoms. The van der Waals surface area contributed by atoms with Gasteiger partial charge in [-0.25, -0.2) is 0 Å². The molecule has 2 heterocycles. The van der Waals surface area contributed by atoms with Crippen LogP contribution in [-0.2, 0) is 0 Å². The third kappa shape index (κ3) is 2.75. The summed E-state index contributed by atoms with van der Waals surface area (Å²) in [6.07, 6.45) is 6.72. The summed E-state index contributed by atoms with van der Waals surface area (Å²) in [6, 6.07) is 4.39. The molecule has 0 unspecified atom stereocenters. The minimum Gasteiger partial charge on any atom is -0.346 e. The fraction of sp³-hybridized carbons (Fsp3) is 0.688. The average molecular weight is 275 g/mol. The zero-order valence-corrected chi connectivity index (χ0v) is 12.5. The van der Waals surface area contributed by atoms with Crippen molar-refractivity contribution >= 4 is 5.91 Å². The van der Waals surface area contributed by atoms with Crippen LogP contribution in [0.15, 0.2) is 18.3 Å². The summed E-state index contributed by atoms with van der Waals surface area (Å²) in [6.45, 7) is 6.36. The van der Waals surface area contributed by atoms with E-state index in [0.717, 1.165) is 31.6 Å². The molecule has 1 aromatic heterocycles. The van der Waals surface area contributed by atoms with Crippen molar-refractivity contribution in [1.82, 2.24) is 15.2 Å². The molecule has 2 aliphatic rings. The van der Waals surface area contributed by atoms with E-state index in [4.69, 9.17) is 0 Å². The first-order chi connectivity index (χ1) is 9.58. The molecule has 110 valence electrons. The number of rotatable bonds is 4. The lowest BCUT2D eigenvalue weighted by Gasteiger charge is -2.29. The molecule has 1 saturated carbocycles. The average Bonchev–Trinajstić information content (AvgIpc) is 3.18. The van der Waals surface area contributed by atoms with Crippen molar-refractivity contribution < 1.29 is 4.79 Å². The number of hydrogen-bond acceptors (Lipinski definition) is 2. The minimum atomic E-state index is -0.0830. The van der Waals surface area contributed by atoms with Gasteiger partial charge in [-0.15, -0.1) is 0 Å². The van der Waals surface area contributed by atoms with Crippen LogP contribution in [0, 0.1) is 5.92 Å². The summed E-state index contributed by atoms with van der Waals surface area (Å²) in [4.78, 5) is 12.6. The molecule has 2 fully saturated rings. The Hall–Kier alpha value is -1.29. The smallest absolute Gasteiger partial charge is 0.268 e. The van der Waals surface area contributed by atoms with Gasteiger partial charge in [0.15, 0.2) is 0 Å². The van der Waals surface area contributed by atoms with Gasteiger partial charge in [0.1, 0.15) is 5.69 Å². The monoisotopic (exact) mass is 275 g/mol. The summed E-state index contributed by atoms with van der Waals surface area (Å²) in [5, 5.41) is 6.60. The summed E-state index contributed by atoms with van der Waals surface area (Å²) >= 11 is 0. The number of nitrogens with one attached hydrogen (secondary N) is 2. The summed E-state index contributed by atoms with van der Waals surface area (Å²) in [7, 11) is 0. The Kier molecular flexibility index (Phi) is 3.59. The van der Waals surface area contributed by atoms with Crippen LogP contribution in [0.2, 0.25) is 0 Å². The fourth-order valence-corrected chi connectivity index (χ4v) is 3.25. The normalized spacial score (nSPS) is 20.9. The van der Waals surface area contributed by atoms with Crippen molar-refractivity contribution in [2.75, 3.05) is 13.1 Å². The third-order valence-corrected chi connectivity index (χ3v) is 4.75. The van der Waals surface area contributed by atoms with Crippen LogP contribution < -0.4 is 10.6 Å². The van der Waals surface area contributed by atoms with Gasteiger partial charge in [0.2, 0.25) is 0 Å². The summed E-state index contributed by atoms with van der Waals surface area (Å²) < 4.78 is 2.17. The Labute approximate surface area is 120 Å². The highest BCUT2D eigenvalue weighted by atomic mass is 16.2. The summed E-state index contributed by atoms with van der Waals surface area (Å²) in [5.74, 6) is 0.721. The summed E-state index contributed by atoms with van der Waals surface area (Å²) in [5.41, 5.74) is 0.728. The van der Waals surface area contributed by atoms with Gasteiger partial charge < -0.3 is 15.2 Å². The second-order valence-corrected chi connectivity index (χ2v) is 6.73. The van der Waals surface area contributed by atoms with E-state index in [9.17, 15) is 4.79 Å². The zero-order chi connectivity index (χ0) is 14.2. The number of hydrogen-bond donors (Lipinski definition) is 2. The molecule has 3 rings (SSSR count). The Morgan fingerprint density at radius 3 is 2.65 bits per heavy atom. The van der Waals surface area contributed by atoms with E-state index in [0.29, 0.717) is 12.0 Å². The molecule has 0 radical (unpaired) electrons. The van der Waals surface area contributed by atoms with Gasteiger partial charge in [-0.05, 0) is 70.7 Å². The molecule has 1 amide bonds. The van der Waals surface area contributed by atoms with Crippen molar-refractivity contribution in [3.05, 3.63) is 24.0 Å². The molecule has 0 atom stereocenters. The standard InChI is InChI=1S/C16H25N3O/c1-16(2,12-5-6-12)18-15(20)14-4-3-11-19(14)13-7-9-17-10-8-13/h3-4,11-13,17H,5-10H2,1-2H3,(H,18,20). The lowest BCUT2D eigenvalue weighted by atomic mass is 9.98. The molecule has 0 spiro atoms. The molecule has 4 heteroatoms. The molecule has 4 nitrogen and oxygen atoms in total. The van der Waals surface area contributed by atoms with E-state index in [-0.39, 0.29) is 11.4 Å². The fourth-order valence-electron chi connectivity index (χ4n) is 3.25. The van der Waals surface area contributed by atoms with Gasteiger partial charge in [0, 0.05) is 17.8 Å². The van der Waals surface area contributed by atoms with Gasteiger partial charge in [0.05, 0.1) is 0 Å². The van der Waals surface area contributed by atoms with E-state index in [1.807, 2.05) is 12.1 Å². The SMILES string of the molecule is CC(C)(NC(=O)c1cccn1C1CCNCC1)C1CC1. The molecule has 2 N–H and O–H groups in total. The van der Waals surface area contributed by atoms with E-state index in [1.54, 1.807) is 0 Å². The molecule has 0 bridgehead atoms. The van der Waals surface area contributed by atoms with Gasteiger partial charge in [-0.2, -0.15) is 0 Å². The van der Waals surface area contributed by atoms with Gasteiger partial charge in [-0.1, -0.05) is 0 Å². The number of nitrogens with zero attached hydrogens (tertiary/aromatic N) is 1. The van der Waals surface area contributed by atoms with Crippen molar-refractivity contribution in [3.8, 4) is 0 Å². The lowest BCUT2D eigenvalue weighted by molar-refractivity contribution is 0.0890. The molecule has 1 aliphatic heterocycles. The zero-order valence-electron chi connectivity index (χ0n) is 12.5. The number of aromatic nitrogens is 1. The number of carbonyl (C=O) groups excluding carboxylic acids is 1. The maximum atomic E-state index is 12.6. The van der Waals surface area contributed by atoms with Crippen LogP contribution in [0.5, 0.6) is 0 Å². The second-order valence-electron chi connectivity index (χ2n) is 6.73. The molecular formula is C16H25N3O. The van der Waals surface area contributed by atoms with Gasteiger partial charge >= 0.3 is 0 Å². The van der Waals surface area contributed by atoms with Gasteiger partial charge in [-0.3, -0.25) is 4.79 Å².